The van der Waals surface area contributed by atoms with Gasteiger partial charge in [-0.25, -0.2) is 8.42 Å². The first-order chi connectivity index (χ1) is 15.0. The maximum Gasteiger partial charge on any atom is 0.261 e. The molecule has 0 aliphatic heterocycles. The third-order valence-electron chi connectivity index (χ3n) is 4.20. The predicted molar refractivity (Wildman–Crippen MR) is 137 cm³/mol. The number of carbonyl (C=O) groups is 2. The molecule has 0 saturated carbocycles. The molecule has 32 heavy (non-hydrogen) atoms. The van der Waals surface area contributed by atoms with Crippen molar-refractivity contribution < 1.29 is 18.0 Å². The summed E-state index contributed by atoms with van der Waals surface area (Å²) >= 11 is 2.24. The van der Waals surface area contributed by atoms with E-state index >= 15 is 0 Å². The number of anilines is 2. The molecule has 0 aromatic heterocycles. The zero-order valence-electron chi connectivity index (χ0n) is 17.6. The lowest BCUT2D eigenvalue weighted by atomic mass is 10.1. The van der Waals surface area contributed by atoms with Crippen molar-refractivity contribution in [3.8, 4) is 0 Å². The highest BCUT2D eigenvalue weighted by Crippen LogP contribution is 2.18. The lowest BCUT2D eigenvalue weighted by Crippen LogP contribution is -2.12. The molecule has 3 aromatic carbocycles. The van der Waals surface area contributed by atoms with Gasteiger partial charge < -0.3 is 10.6 Å². The monoisotopic (exact) mass is 584 g/mol. The fourth-order valence-electron chi connectivity index (χ4n) is 2.48. The summed E-state index contributed by atoms with van der Waals surface area (Å²) < 4.78 is 22.8. The Kier molecular flexibility index (Phi) is 9.23. The van der Waals surface area contributed by atoms with Gasteiger partial charge in [0.05, 0.1) is 4.90 Å². The Morgan fingerprint density at radius 2 is 1.38 bits per heavy atom. The molecule has 0 saturated heterocycles. The van der Waals surface area contributed by atoms with Crippen LogP contribution in [-0.2, 0) is 13.8 Å². The van der Waals surface area contributed by atoms with Crippen molar-refractivity contribution in [1.29, 1.82) is 0 Å². The Labute approximate surface area is 205 Å². The van der Waals surface area contributed by atoms with E-state index in [1.165, 1.54) is 42.3 Å². The number of hydrogen-bond acceptors (Lipinski definition) is 4. The molecule has 6 nitrogen and oxygen atoms in total. The molecule has 9 heteroatoms. The van der Waals surface area contributed by atoms with E-state index in [9.17, 15) is 18.0 Å². The van der Waals surface area contributed by atoms with Gasteiger partial charge in [-0.15, -0.1) is 0 Å². The summed E-state index contributed by atoms with van der Waals surface area (Å²) in [7, 11) is 1.41. The third kappa shape index (κ3) is 8.25. The summed E-state index contributed by atoms with van der Waals surface area (Å²) in [5.74, 6) is -0.289. The first-order valence-electron chi connectivity index (χ1n) is 9.42. The van der Waals surface area contributed by atoms with Gasteiger partial charge in [0.2, 0.25) is 5.91 Å². The Morgan fingerprint density at radius 1 is 0.844 bits per heavy atom. The van der Waals surface area contributed by atoms with Crippen LogP contribution in [0, 0.1) is 17.4 Å². The van der Waals surface area contributed by atoms with E-state index < -0.39 is 9.05 Å². The molecule has 2 N–H and O–H groups in total. The molecule has 0 heterocycles. The van der Waals surface area contributed by atoms with Gasteiger partial charge >= 0.3 is 0 Å². The van der Waals surface area contributed by atoms with Gasteiger partial charge in [0.15, 0.2) is 0 Å². The van der Waals surface area contributed by atoms with Gasteiger partial charge in [0.1, 0.15) is 0 Å². The van der Waals surface area contributed by atoms with Crippen LogP contribution in [-0.4, -0.2) is 20.2 Å². The molecule has 0 unspecified atom stereocenters. The fraction of sp³-hybridized carbons (Fsp3) is 0.130. The number of aryl methyl sites for hydroxylation is 2. The fourth-order valence-corrected chi connectivity index (χ4v) is 3.76. The van der Waals surface area contributed by atoms with E-state index in [0.717, 1.165) is 9.26 Å². The standard InChI is InChI=1S/C15H14INO.C8H8ClNO3S/c1-10-3-7-13(8-4-10)17-15(18)12-6-5-11(2)14(16)9-12;1-6(11)10-7-2-4-8(5-3-7)14(9,12)13/h3-9H,1-2H3,(H,17,18);2-5H,1H3,(H,10,11). The number of halogens is 2. The molecule has 3 aromatic rings. The second-order valence-electron chi connectivity index (χ2n) is 6.93. The summed E-state index contributed by atoms with van der Waals surface area (Å²) in [6.07, 6.45) is 0. The van der Waals surface area contributed by atoms with Crippen LogP contribution in [0.1, 0.15) is 28.4 Å². The highest BCUT2D eigenvalue weighted by molar-refractivity contribution is 14.1. The predicted octanol–water partition coefficient (Wildman–Crippen LogP) is 5.73. The molecule has 3 rings (SSSR count). The lowest BCUT2D eigenvalue weighted by molar-refractivity contribution is -0.114. The average molecular weight is 585 g/mol. The number of benzene rings is 3. The van der Waals surface area contributed by atoms with E-state index in [1.54, 1.807) is 0 Å². The van der Waals surface area contributed by atoms with Crippen LogP contribution in [0.4, 0.5) is 11.4 Å². The van der Waals surface area contributed by atoms with Crippen molar-refractivity contribution in [2.75, 3.05) is 10.6 Å². The Balaban J connectivity index is 0.000000235. The number of rotatable bonds is 4. The zero-order valence-corrected chi connectivity index (χ0v) is 21.4. The van der Waals surface area contributed by atoms with Crippen LogP contribution in [0.25, 0.3) is 0 Å². The number of hydrogen-bond donors (Lipinski definition) is 2. The SMILES string of the molecule is CC(=O)Nc1ccc(S(=O)(=O)Cl)cc1.Cc1ccc(NC(=O)c2ccc(C)c(I)c2)cc1. The van der Waals surface area contributed by atoms with Crippen LogP contribution in [0.15, 0.2) is 71.6 Å². The van der Waals surface area contributed by atoms with E-state index in [4.69, 9.17) is 10.7 Å². The van der Waals surface area contributed by atoms with E-state index in [1.807, 2.05) is 56.3 Å². The van der Waals surface area contributed by atoms with Crippen molar-refractivity contribution >= 4 is 65.5 Å². The summed E-state index contributed by atoms with van der Waals surface area (Å²) in [4.78, 5) is 22.7. The minimum atomic E-state index is -3.69. The van der Waals surface area contributed by atoms with E-state index in [2.05, 4.69) is 33.2 Å². The summed E-state index contributed by atoms with van der Waals surface area (Å²) in [6, 6.07) is 19.1. The van der Waals surface area contributed by atoms with Gasteiger partial charge in [0, 0.05) is 38.1 Å². The van der Waals surface area contributed by atoms with Crippen molar-refractivity contribution in [3.05, 3.63) is 87.0 Å². The van der Waals surface area contributed by atoms with Crippen LogP contribution < -0.4 is 10.6 Å². The molecule has 0 aliphatic carbocycles. The highest BCUT2D eigenvalue weighted by Gasteiger charge is 2.09. The Hall–Kier alpha value is -2.43. The lowest BCUT2D eigenvalue weighted by Gasteiger charge is -2.07. The normalized spacial score (nSPS) is 10.5. The van der Waals surface area contributed by atoms with Crippen LogP contribution in [0.3, 0.4) is 0 Å². The Morgan fingerprint density at radius 3 is 1.88 bits per heavy atom. The van der Waals surface area contributed by atoms with Crippen molar-refractivity contribution in [2.45, 2.75) is 25.7 Å². The minimum Gasteiger partial charge on any atom is -0.326 e. The van der Waals surface area contributed by atoms with Gasteiger partial charge in [0.25, 0.3) is 15.0 Å². The second kappa shape index (κ2) is 11.4. The molecule has 0 bridgehead atoms. The van der Waals surface area contributed by atoms with Gasteiger partial charge in [-0.05, 0) is 90.5 Å². The summed E-state index contributed by atoms with van der Waals surface area (Å²) in [5.41, 5.74) is 4.40. The second-order valence-corrected chi connectivity index (χ2v) is 10.7. The van der Waals surface area contributed by atoms with Crippen molar-refractivity contribution in [3.63, 3.8) is 0 Å². The summed E-state index contributed by atoms with van der Waals surface area (Å²) in [6.45, 7) is 5.42. The first kappa shape index (κ1) is 25.8. The minimum absolute atomic E-state index is 0.00766. The number of amides is 2. The van der Waals surface area contributed by atoms with Gasteiger partial charge in [-0.2, -0.15) is 0 Å². The Bertz CT molecular complexity index is 1210. The first-order valence-corrected chi connectivity index (χ1v) is 12.8. The molecule has 0 spiro atoms. The molecular weight excluding hydrogens is 563 g/mol. The largest absolute Gasteiger partial charge is 0.326 e. The molecule has 0 aliphatic rings. The molecule has 0 radical (unpaired) electrons. The maximum atomic E-state index is 12.0. The molecule has 0 fully saturated rings. The number of carbonyl (C=O) groups excluding carboxylic acids is 2. The van der Waals surface area contributed by atoms with Crippen LogP contribution >= 0.6 is 33.3 Å². The maximum absolute atomic E-state index is 12.0. The smallest absolute Gasteiger partial charge is 0.261 e. The van der Waals surface area contributed by atoms with E-state index in [0.29, 0.717) is 11.3 Å². The molecule has 2 amide bonds. The average Bonchev–Trinajstić information content (AvgIpc) is 2.71. The topological polar surface area (TPSA) is 92.3 Å². The highest BCUT2D eigenvalue weighted by atomic mass is 127. The van der Waals surface area contributed by atoms with Crippen molar-refractivity contribution in [1.82, 2.24) is 0 Å². The molecular formula is C23H22ClIN2O4S. The van der Waals surface area contributed by atoms with Crippen molar-refractivity contribution in [2.24, 2.45) is 0 Å². The van der Waals surface area contributed by atoms with E-state index in [-0.39, 0.29) is 16.7 Å². The van der Waals surface area contributed by atoms with Crippen LogP contribution in [0.2, 0.25) is 0 Å². The van der Waals surface area contributed by atoms with Gasteiger partial charge in [-0.1, -0.05) is 23.8 Å². The van der Waals surface area contributed by atoms with Crippen LogP contribution in [0.5, 0.6) is 0 Å². The molecule has 0 atom stereocenters. The quantitative estimate of drug-likeness (QED) is 0.303. The number of nitrogens with one attached hydrogen (secondary N) is 2. The summed E-state index contributed by atoms with van der Waals surface area (Å²) in [5, 5.41) is 5.40. The third-order valence-corrected chi connectivity index (χ3v) is 6.73. The molecule has 168 valence electrons. The van der Waals surface area contributed by atoms with Gasteiger partial charge in [-0.3, -0.25) is 9.59 Å². The zero-order chi connectivity index (χ0) is 23.9.